The van der Waals surface area contributed by atoms with Gasteiger partial charge in [-0.2, -0.15) is 0 Å². The van der Waals surface area contributed by atoms with Crippen LogP contribution in [0.2, 0.25) is 0 Å². The first kappa shape index (κ1) is 27.6. The molecule has 0 unspecified atom stereocenters. The summed E-state index contributed by atoms with van der Waals surface area (Å²) in [5.74, 6) is -0.0961. The minimum Gasteiger partial charge on any atom is -0.336 e. The molecule has 2 heterocycles. The molecule has 206 valence electrons. The topological polar surface area (TPSA) is 47.1 Å². The van der Waals surface area contributed by atoms with Gasteiger partial charge in [-0.1, -0.05) is 97.1 Å². The predicted octanol–water partition coefficient (Wildman–Crippen LogP) is 4.63. The Morgan fingerprint density at radius 2 is 0.850 bits per heavy atom. The third-order valence-electron chi connectivity index (χ3n) is 7.65. The summed E-state index contributed by atoms with van der Waals surface area (Å²) in [7, 11) is 0. The van der Waals surface area contributed by atoms with Crippen molar-refractivity contribution in [1.29, 1.82) is 0 Å². The molecule has 2 aliphatic heterocycles. The second-order valence-corrected chi connectivity index (χ2v) is 10.4. The Kier molecular flexibility index (Phi) is 9.56. The van der Waals surface area contributed by atoms with Crippen molar-refractivity contribution >= 4 is 24.0 Å². The average molecular weight is 535 g/mol. The number of amides is 2. The van der Waals surface area contributed by atoms with Gasteiger partial charge in [0.25, 0.3) is 11.8 Å². The van der Waals surface area contributed by atoms with Crippen molar-refractivity contribution in [3.05, 3.63) is 119 Å². The first-order chi connectivity index (χ1) is 19.7. The SMILES string of the molecule is O=C(c1ccccc1C(=O)N1CCN(CC=Cc2ccccc2)CC1)N1CCN(CC=Cc2ccccc2)CC1. The van der Waals surface area contributed by atoms with Crippen LogP contribution in [0.3, 0.4) is 0 Å². The van der Waals surface area contributed by atoms with E-state index in [2.05, 4.69) is 58.4 Å². The lowest BCUT2D eigenvalue weighted by Gasteiger charge is -2.36. The molecule has 0 spiro atoms. The lowest BCUT2D eigenvalue weighted by atomic mass is 10.0. The summed E-state index contributed by atoms with van der Waals surface area (Å²) in [5.41, 5.74) is 3.41. The fourth-order valence-corrected chi connectivity index (χ4v) is 5.27. The van der Waals surface area contributed by atoms with Crippen LogP contribution in [0.25, 0.3) is 12.2 Å². The van der Waals surface area contributed by atoms with Crippen LogP contribution in [-0.2, 0) is 0 Å². The van der Waals surface area contributed by atoms with E-state index in [1.54, 1.807) is 12.1 Å². The molecule has 2 aliphatic rings. The van der Waals surface area contributed by atoms with E-state index in [-0.39, 0.29) is 11.8 Å². The predicted molar refractivity (Wildman–Crippen MR) is 162 cm³/mol. The minimum absolute atomic E-state index is 0.0480. The number of hydrogen-bond donors (Lipinski definition) is 0. The van der Waals surface area contributed by atoms with E-state index >= 15 is 0 Å². The molecule has 0 N–H and O–H groups in total. The standard InChI is InChI=1S/C34H38N4O2/c39-33(37-25-21-35(22-26-37)19-9-15-29-11-3-1-4-12-29)31-17-7-8-18-32(31)34(40)38-27-23-36(24-28-38)20-10-16-30-13-5-2-6-14-30/h1-18H,19-28H2. The highest BCUT2D eigenvalue weighted by atomic mass is 16.2. The Bertz CT molecular complexity index is 1200. The number of benzene rings is 3. The maximum Gasteiger partial charge on any atom is 0.254 e. The molecular weight excluding hydrogens is 496 g/mol. The molecule has 5 rings (SSSR count). The molecule has 3 aromatic carbocycles. The van der Waals surface area contributed by atoms with Crippen molar-refractivity contribution < 1.29 is 9.59 Å². The van der Waals surface area contributed by atoms with Gasteiger partial charge in [0.15, 0.2) is 0 Å². The first-order valence-electron chi connectivity index (χ1n) is 14.2. The van der Waals surface area contributed by atoms with E-state index in [0.29, 0.717) is 37.3 Å². The highest BCUT2D eigenvalue weighted by Gasteiger charge is 2.28. The third-order valence-corrected chi connectivity index (χ3v) is 7.65. The second-order valence-electron chi connectivity index (χ2n) is 10.4. The first-order valence-corrected chi connectivity index (χ1v) is 14.2. The second kappa shape index (κ2) is 13.9. The van der Waals surface area contributed by atoms with Crippen LogP contribution in [0.15, 0.2) is 97.1 Å². The van der Waals surface area contributed by atoms with Crippen molar-refractivity contribution in [2.24, 2.45) is 0 Å². The molecule has 0 atom stereocenters. The smallest absolute Gasteiger partial charge is 0.254 e. The number of nitrogens with zero attached hydrogens (tertiary/aromatic N) is 4. The van der Waals surface area contributed by atoms with Gasteiger partial charge in [0, 0.05) is 65.4 Å². The normalized spacial score (nSPS) is 17.1. The van der Waals surface area contributed by atoms with Crippen molar-refractivity contribution in [2.45, 2.75) is 0 Å². The average Bonchev–Trinajstić information content (AvgIpc) is 3.02. The van der Waals surface area contributed by atoms with Crippen LogP contribution in [0.1, 0.15) is 31.8 Å². The molecule has 0 bridgehead atoms. The highest BCUT2D eigenvalue weighted by molar-refractivity contribution is 6.07. The quantitative estimate of drug-likeness (QED) is 0.423. The van der Waals surface area contributed by atoms with Crippen LogP contribution in [0, 0.1) is 0 Å². The summed E-state index contributed by atoms with van der Waals surface area (Å²) in [6.45, 7) is 7.66. The fourth-order valence-electron chi connectivity index (χ4n) is 5.27. The fraction of sp³-hybridized carbons (Fsp3) is 0.294. The van der Waals surface area contributed by atoms with Gasteiger partial charge in [0.1, 0.15) is 0 Å². The van der Waals surface area contributed by atoms with Crippen LogP contribution < -0.4 is 0 Å². The molecule has 40 heavy (non-hydrogen) atoms. The molecule has 3 aromatic rings. The summed E-state index contributed by atoms with van der Waals surface area (Å²) >= 11 is 0. The molecule has 0 saturated carbocycles. The largest absolute Gasteiger partial charge is 0.336 e. The highest BCUT2D eigenvalue weighted by Crippen LogP contribution is 2.17. The van der Waals surface area contributed by atoms with E-state index in [1.807, 2.05) is 58.3 Å². The van der Waals surface area contributed by atoms with Gasteiger partial charge in [0.2, 0.25) is 0 Å². The number of piperazine rings is 2. The molecule has 6 nitrogen and oxygen atoms in total. The number of carbonyl (C=O) groups excluding carboxylic acids is 2. The Balaban J connectivity index is 1.11. The lowest BCUT2D eigenvalue weighted by molar-refractivity contribution is 0.0612. The summed E-state index contributed by atoms with van der Waals surface area (Å²) in [5, 5.41) is 0. The maximum atomic E-state index is 13.5. The van der Waals surface area contributed by atoms with Crippen LogP contribution in [-0.4, -0.2) is 96.9 Å². The monoisotopic (exact) mass is 534 g/mol. The zero-order valence-corrected chi connectivity index (χ0v) is 23.1. The van der Waals surface area contributed by atoms with Gasteiger partial charge in [-0.15, -0.1) is 0 Å². The zero-order valence-electron chi connectivity index (χ0n) is 23.1. The molecule has 0 radical (unpaired) electrons. The summed E-state index contributed by atoms with van der Waals surface area (Å²) in [6.07, 6.45) is 8.64. The van der Waals surface area contributed by atoms with Crippen molar-refractivity contribution in [3.63, 3.8) is 0 Å². The molecule has 2 amide bonds. The van der Waals surface area contributed by atoms with E-state index < -0.39 is 0 Å². The Hall–Kier alpha value is -4.00. The molecule has 6 heteroatoms. The summed E-state index contributed by atoms with van der Waals surface area (Å²) in [4.78, 5) is 35.5. The molecule has 2 saturated heterocycles. The summed E-state index contributed by atoms with van der Waals surface area (Å²) in [6, 6.07) is 27.9. The number of hydrogen-bond acceptors (Lipinski definition) is 4. The Labute approximate surface area is 237 Å². The third kappa shape index (κ3) is 7.34. The van der Waals surface area contributed by atoms with Gasteiger partial charge in [-0.25, -0.2) is 0 Å². The lowest BCUT2D eigenvalue weighted by Crippen LogP contribution is -2.50. The van der Waals surface area contributed by atoms with E-state index in [9.17, 15) is 9.59 Å². The molecular formula is C34H38N4O2. The molecule has 2 fully saturated rings. The van der Waals surface area contributed by atoms with Crippen molar-refractivity contribution in [3.8, 4) is 0 Å². The van der Waals surface area contributed by atoms with Gasteiger partial charge in [-0.05, 0) is 23.3 Å². The minimum atomic E-state index is -0.0480. The zero-order chi connectivity index (χ0) is 27.6. The van der Waals surface area contributed by atoms with Gasteiger partial charge < -0.3 is 9.80 Å². The van der Waals surface area contributed by atoms with Crippen LogP contribution in [0.4, 0.5) is 0 Å². The van der Waals surface area contributed by atoms with Crippen LogP contribution >= 0.6 is 0 Å². The number of carbonyl (C=O) groups is 2. The van der Waals surface area contributed by atoms with Crippen molar-refractivity contribution in [2.75, 3.05) is 65.4 Å². The van der Waals surface area contributed by atoms with E-state index in [1.165, 1.54) is 11.1 Å². The Morgan fingerprint density at radius 3 is 1.23 bits per heavy atom. The molecule has 0 aliphatic carbocycles. The maximum absolute atomic E-state index is 13.5. The van der Waals surface area contributed by atoms with E-state index in [4.69, 9.17) is 0 Å². The van der Waals surface area contributed by atoms with Gasteiger partial charge in [0.05, 0.1) is 11.1 Å². The summed E-state index contributed by atoms with van der Waals surface area (Å²) < 4.78 is 0. The number of rotatable bonds is 8. The van der Waals surface area contributed by atoms with Crippen molar-refractivity contribution in [1.82, 2.24) is 19.6 Å². The van der Waals surface area contributed by atoms with Gasteiger partial charge in [-0.3, -0.25) is 19.4 Å². The molecule has 0 aromatic heterocycles. The van der Waals surface area contributed by atoms with Gasteiger partial charge >= 0.3 is 0 Å². The van der Waals surface area contributed by atoms with E-state index in [0.717, 1.165) is 39.3 Å². The Morgan fingerprint density at radius 1 is 0.500 bits per heavy atom. The van der Waals surface area contributed by atoms with Crippen LogP contribution in [0.5, 0.6) is 0 Å².